The molecular weight excluding hydrogens is 439 g/mol. The fourth-order valence-electron chi connectivity index (χ4n) is 2.37. The zero-order chi connectivity index (χ0) is 19.1. The first-order valence-corrected chi connectivity index (χ1v) is 9.74. The lowest BCUT2D eigenvalue weighted by Gasteiger charge is -2.16. The number of halogens is 3. The molecule has 2 rings (SSSR count). The first kappa shape index (κ1) is 21.3. The van der Waals surface area contributed by atoms with Crippen LogP contribution in [0, 0.1) is 0 Å². The van der Waals surface area contributed by atoms with Gasteiger partial charge in [0.2, 0.25) is 0 Å². The van der Waals surface area contributed by atoms with E-state index in [1.807, 2.05) is 18.2 Å². The van der Waals surface area contributed by atoms with Crippen LogP contribution in [0.2, 0.25) is 10.0 Å². The van der Waals surface area contributed by atoms with Gasteiger partial charge in [-0.3, -0.25) is 0 Å². The van der Waals surface area contributed by atoms with Gasteiger partial charge < -0.3 is 19.7 Å². The highest BCUT2D eigenvalue weighted by atomic mass is 79.9. The van der Waals surface area contributed by atoms with Gasteiger partial charge in [-0.15, -0.1) is 0 Å². The summed E-state index contributed by atoms with van der Waals surface area (Å²) in [7, 11) is 5.73. The number of nitrogens with zero attached hydrogens (tertiary/aromatic N) is 1. The van der Waals surface area contributed by atoms with E-state index in [1.54, 1.807) is 19.2 Å². The minimum atomic E-state index is 0.258. The van der Waals surface area contributed by atoms with Crippen LogP contribution in [0.15, 0.2) is 34.8 Å². The molecular formula is C19H23BrCl2N2O2. The molecule has 0 saturated carbocycles. The van der Waals surface area contributed by atoms with Crippen molar-refractivity contribution in [1.82, 2.24) is 10.2 Å². The molecule has 0 aliphatic heterocycles. The van der Waals surface area contributed by atoms with Gasteiger partial charge in [-0.1, -0.05) is 29.3 Å². The lowest BCUT2D eigenvalue weighted by Crippen LogP contribution is -2.26. The second-order valence-corrected chi connectivity index (χ2v) is 7.75. The standard InChI is InChI=1S/C19H23BrCl2N2O2/c1-24(2)8-7-23-11-13-9-15(20)19(18(10-13)25-3)26-12-14-16(21)5-4-6-17(14)22/h4-6,9-10,23H,7-8,11-12H2,1-3H3. The lowest BCUT2D eigenvalue weighted by molar-refractivity contribution is 0.282. The normalized spacial score (nSPS) is 11.0. The summed E-state index contributed by atoms with van der Waals surface area (Å²) >= 11 is 16.0. The van der Waals surface area contributed by atoms with E-state index in [0.717, 1.165) is 35.2 Å². The number of likely N-dealkylation sites (N-methyl/N-ethyl adjacent to an activating group) is 1. The Kier molecular flexibility index (Phi) is 8.51. The van der Waals surface area contributed by atoms with E-state index in [-0.39, 0.29) is 6.61 Å². The molecule has 0 aliphatic carbocycles. The van der Waals surface area contributed by atoms with Gasteiger partial charge in [-0.25, -0.2) is 0 Å². The van der Waals surface area contributed by atoms with Crippen LogP contribution < -0.4 is 14.8 Å². The van der Waals surface area contributed by atoms with Gasteiger partial charge in [0, 0.05) is 35.2 Å². The van der Waals surface area contributed by atoms with Crippen LogP contribution in [0.1, 0.15) is 11.1 Å². The van der Waals surface area contributed by atoms with Gasteiger partial charge in [0.1, 0.15) is 6.61 Å². The van der Waals surface area contributed by atoms with Crippen LogP contribution in [0.3, 0.4) is 0 Å². The summed E-state index contributed by atoms with van der Waals surface area (Å²) in [6, 6.07) is 9.39. The van der Waals surface area contributed by atoms with Crippen molar-refractivity contribution in [2.45, 2.75) is 13.2 Å². The van der Waals surface area contributed by atoms with Crippen molar-refractivity contribution >= 4 is 39.1 Å². The fourth-order valence-corrected chi connectivity index (χ4v) is 3.48. The van der Waals surface area contributed by atoms with Gasteiger partial charge in [0.15, 0.2) is 11.5 Å². The summed E-state index contributed by atoms with van der Waals surface area (Å²) < 4.78 is 12.3. The number of methoxy groups -OCH3 is 1. The van der Waals surface area contributed by atoms with Crippen LogP contribution in [0.4, 0.5) is 0 Å². The van der Waals surface area contributed by atoms with E-state index in [4.69, 9.17) is 32.7 Å². The van der Waals surface area contributed by atoms with E-state index < -0.39 is 0 Å². The second-order valence-electron chi connectivity index (χ2n) is 6.08. The van der Waals surface area contributed by atoms with E-state index >= 15 is 0 Å². The molecule has 0 aromatic heterocycles. The number of benzene rings is 2. The molecule has 26 heavy (non-hydrogen) atoms. The third-order valence-electron chi connectivity index (χ3n) is 3.78. The van der Waals surface area contributed by atoms with E-state index in [0.29, 0.717) is 21.5 Å². The maximum atomic E-state index is 6.21. The summed E-state index contributed by atoms with van der Waals surface area (Å²) in [5, 5.41) is 4.57. The Hall–Kier alpha value is -0.980. The van der Waals surface area contributed by atoms with Crippen LogP contribution in [0.25, 0.3) is 0 Å². The number of ether oxygens (including phenoxy) is 2. The predicted molar refractivity (Wildman–Crippen MR) is 112 cm³/mol. The zero-order valence-electron chi connectivity index (χ0n) is 15.1. The highest BCUT2D eigenvalue weighted by molar-refractivity contribution is 9.10. The molecule has 1 N–H and O–H groups in total. The van der Waals surface area contributed by atoms with Crippen molar-refractivity contribution in [3.8, 4) is 11.5 Å². The first-order chi connectivity index (χ1) is 12.4. The zero-order valence-corrected chi connectivity index (χ0v) is 18.2. The topological polar surface area (TPSA) is 33.7 Å². The molecule has 0 amide bonds. The summed E-state index contributed by atoms with van der Waals surface area (Å²) in [6.45, 7) is 2.90. The van der Waals surface area contributed by atoms with Crippen LogP contribution in [-0.2, 0) is 13.2 Å². The van der Waals surface area contributed by atoms with Crippen molar-refractivity contribution in [3.63, 3.8) is 0 Å². The van der Waals surface area contributed by atoms with Crippen LogP contribution in [-0.4, -0.2) is 39.2 Å². The smallest absolute Gasteiger partial charge is 0.175 e. The Bertz CT molecular complexity index is 721. The molecule has 0 unspecified atom stereocenters. The molecule has 0 radical (unpaired) electrons. The molecule has 0 heterocycles. The molecule has 0 fully saturated rings. The molecule has 7 heteroatoms. The Balaban J connectivity index is 2.09. The number of rotatable bonds is 9. The van der Waals surface area contributed by atoms with Crippen molar-refractivity contribution in [3.05, 3.63) is 56.0 Å². The first-order valence-electron chi connectivity index (χ1n) is 8.20. The summed E-state index contributed by atoms with van der Waals surface area (Å²) in [4.78, 5) is 2.14. The number of nitrogens with one attached hydrogen (secondary N) is 1. The summed E-state index contributed by atoms with van der Waals surface area (Å²) in [5.41, 5.74) is 1.86. The van der Waals surface area contributed by atoms with Crippen LogP contribution >= 0.6 is 39.1 Å². The average molecular weight is 462 g/mol. The Morgan fingerprint density at radius 1 is 1.15 bits per heavy atom. The van der Waals surface area contributed by atoms with Gasteiger partial charge in [-0.05, 0) is 59.9 Å². The quantitative estimate of drug-likeness (QED) is 0.533. The SMILES string of the molecule is COc1cc(CNCCN(C)C)cc(Br)c1OCc1c(Cl)cccc1Cl. The molecule has 4 nitrogen and oxygen atoms in total. The monoisotopic (exact) mass is 460 g/mol. The maximum Gasteiger partial charge on any atom is 0.175 e. The highest BCUT2D eigenvalue weighted by Gasteiger charge is 2.14. The third-order valence-corrected chi connectivity index (χ3v) is 5.07. The summed E-state index contributed by atoms with van der Waals surface area (Å²) in [6.07, 6.45) is 0. The van der Waals surface area contributed by atoms with E-state index in [2.05, 4.69) is 40.2 Å². The molecule has 0 saturated heterocycles. The van der Waals surface area contributed by atoms with Crippen molar-refractivity contribution < 1.29 is 9.47 Å². The maximum absolute atomic E-state index is 6.21. The predicted octanol–water partition coefficient (Wildman–Crippen LogP) is 4.99. The van der Waals surface area contributed by atoms with E-state index in [9.17, 15) is 0 Å². The van der Waals surface area contributed by atoms with Crippen molar-refractivity contribution in [1.29, 1.82) is 0 Å². The van der Waals surface area contributed by atoms with E-state index in [1.165, 1.54) is 0 Å². The lowest BCUT2D eigenvalue weighted by atomic mass is 10.2. The molecule has 0 atom stereocenters. The van der Waals surface area contributed by atoms with Crippen molar-refractivity contribution in [2.75, 3.05) is 34.3 Å². The second kappa shape index (κ2) is 10.4. The molecule has 0 aliphatic rings. The van der Waals surface area contributed by atoms with Crippen LogP contribution in [0.5, 0.6) is 11.5 Å². The van der Waals surface area contributed by atoms with Gasteiger partial charge in [0.25, 0.3) is 0 Å². The molecule has 142 valence electrons. The molecule has 0 spiro atoms. The molecule has 2 aromatic carbocycles. The molecule has 2 aromatic rings. The highest BCUT2D eigenvalue weighted by Crippen LogP contribution is 2.38. The fraction of sp³-hybridized carbons (Fsp3) is 0.368. The average Bonchev–Trinajstić information content (AvgIpc) is 2.59. The number of hydrogen-bond acceptors (Lipinski definition) is 4. The third kappa shape index (κ3) is 6.03. The largest absolute Gasteiger partial charge is 0.493 e. The van der Waals surface area contributed by atoms with Gasteiger partial charge in [-0.2, -0.15) is 0 Å². The van der Waals surface area contributed by atoms with Gasteiger partial charge >= 0.3 is 0 Å². The van der Waals surface area contributed by atoms with Gasteiger partial charge in [0.05, 0.1) is 11.6 Å². The molecule has 0 bridgehead atoms. The Morgan fingerprint density at radius 3 is 2.46 bits per heavy atom. The Labute approximate surface area is 173 Å². The summed E-state index contributed by atoms with van der Waals surface area (Å²) in [5.74, 6) is 1.28. The minimum absolute atomic E-state index is 0.258. The van der Waals surface area contributed by atoms with Crippen molar-refractivity contribution in [2.24, 2.45) is 0 Å². The number of hydrogen-bond donors (Lipinski definition) is 1. The Morgan fingerprint density at radius 2 is 1.85 bits per heavy atom. The minimum Gasteiger partial charge on any atom is -0.493 e.